The quantitative estimate of drug-likeness (QED) is 0.853. The highest BCUT2D eigenvalue weighted by molar-refractivity contribution is 5.94. The van der Waals surface area contributed by atoms with E-state index in [0.717, 1.165) is 30.9 Å². The number of carboxylic acid groups (broad SMARTS) is 1. The third-order valence-electron chi connectivity index (χ3n) is 3.14. The number of hydrogen-bond acceptors (Lipinski definition) is 4. The molecule has 0 radical (unpaired) electrons. The molecular weight excluding hydrogens is 232 g/mol. The molecule has 0 spiro atoms. The van der Waals surface area contributed by atoms with Crippen molar-refractivity contribution in [3.05, 3.63) is 22.9 Å². The van der Waals surface area contributed by atoms with E-state index < -0.39 is 5.97 Å². The summed E-state index contributed by atoms with van der Waals surface area (Å²) in [6.45, 7) is 5.89. The molecule has 1 atom stereocenters. The molecule has 0 aliphatic carbocycles. The van der Waals surface area contributed by atoms with Crippen molar-refractivity contribution in [1.29, 1.82) is 0 Å². The van der Waals surface area contributed by atoms with Gasteiger partial charge in [0.25, 0.3) is 0 Å². The first-order chi connectivity index (χ1) is 8.58. The summed E-state index contributed by atoms with van der Waals surface area (Å²) in [5, 5.41) is 12.4. The molecule has 1 aliphatic rings. The predicted octanol–water partition coefficient (Wildman–Crippen LogP) is 1.85. The maximum absolute atomic E-state index is 11.2. The summed E-state index contributed by atoms with van der Waals surface area (Å²) in [5.74, 6) is -0.0358. The molecule has 0 aromatic carbocycles. The van der Waals surface area contributed by atoms with Crippen molar-refractivity contribution in [2.45, 2.75) is 20.3 Å². The monoisotopic (exact) mass is 250 g/mol. The highest BCUT2D eigenvalue weighted by Crippen LogP contribution is 2.20. The van der Waals surface area contributed by atoms with Crippen LogP contribution in [0.4, 0.5) is 5.82 Å². The Morgan fingerprint density at radius 1 is 1.61 bits per heavy atom. The second kappa shape index (κ2) is 5.35. The summed E-state index contributed by atoms with van der Waals surface area (Å²) in [4.78, 5) is 15.5. The second-order valence-corrected chi connectivity index (χ2v) is 4.72. The summed E-state index contributed by atoms with van der Waals surface area (Å²) in [7, 11) is 0. The number of hydrogen-bond donors (Lipinski definition) is 2. The molecule has 0 amide bonds. The van der Waals surface area contributed by atoms with Crippen LogP contribution in [0.15, 0.2) is 6.07 Å². The molecule has 2 rings (SSSR count). The first-order valence-electron chi connectivity index (χ1n) is 6.11. The van der Waals surface area contributed by atoms with E-state index in [4.69, 9.17) is 4.74 Å². The van der Waals surface area contributed by atoms with E-state index >= 15 is 0 Å². The van der Waals surface area contributed by atoms with Gasteiger partial charge in [-0.2, -0.15) is 0 Å². The Bertz CT molecular complexity index is 454. The minimum atomic E-state index is -0.940. The summed E-state index contributed by atoms with van der Waals surface area (Å²) >= 11 is 0. The van der Waals surface area contributed by atoms with Crippen molar-refractivity contribution in [1.82, 2.24) is 4.98 Å². The number of aromatic nitrogens is 1. The molecule has 1 unspecified atom stereocenters. The van der Waals surface area contributed by atoms with E-state index in [0.29, 0.717) is 18.3 Å². The first kappa shape index (κ1) is 12.8. The maximum Gasteiger partial charge on any atom is 0.339 e. The Morgan fingerprint density at radius 2 is 2.39 bits per heavy atom. The van der Waals surface area contributed by atoms with Gasteiger partial charge in [0.05, 0.1) is 6.61 Å². The van der Waals surface area contributed by atoms with E-state index in [-0.39, 0.29) is 5.56 Å². The van der Waals surface area contributed by atoms with Crippen LogP contribution in [-0.4, -0.2) is 35.8 Å². The number of ether oxygens (including phenoxy) is 1. The standard InChI is InChI=1S/C13H18N2O3/c1-8-5-9(2)15-12(11(8)13(16)17)14-6-10-3-4-18-7-10/h5,10H,3-4,6-7H2,1-2H3,(H,14,15)(H,16,17). The molecule has 1 fully saturated rings. The molecule has 1 aliphatic heterocycles. The molecule has 2 N–H and O–H groups in total. The Balaban J connectivity index is 2.16. The summed E-state index contributed by atoms with van der Waals surface area (Å²) < 4.78 is 5.29. The number of aromatic carboxylic acids is 1. The van der Waals surface area contributed by atoms with Crippen molar-refractivity contribution < 1.29 is 14.6 Å². The molecule has 1 aromatic rings. The van der Waals surface area contributed by atoms with Gasteiger partial charge in [0.1, 0.15) is 11.4 Å². The van der Waals surface area contributed by atoms with Crippen molar-refractivity contribution in [2.24, 2.45) is 5.92 Å². The molecule has 1 saturated heterocycles. The Hall–Kier alpha value is -1.62. The molecule has 5 heteroatoms. The fourth-order valence-electron chi connectivity index (χ4n) is 2.22. The predicted molar refractivity (Wildman–Crippen MR) is 68.1 cm³/mol. The van der Waals surface area contributed by atoms with Gasteiger partial charge in [0.15, 0.2) is 0 Å². The van der Waals surface area contributed by atoms with E-state index in [1.54, 1.807) is 13.0 Å². The molecule has 1 aromatic heterocycles. The van der Waals surface area contributed by atoms with Gasteiger partial charge in [-0.1, -0.05) is 0 Å². The van der Waals surface area contributed by atoms with Crippen LogP contribution in [-0.2, 0) is 4.74 Å². The third-order valence-corrected chi connectivity index (χ3v) is 3.14. The minimum absolute atomic E-state index is 0.263. The lowest BCUT2D eigenvalue weighted by Gasteiger charge is -2.14. The van der Waals surface area contributed by atoms with Gasteiger partial charge in [-0.05, 0) is 31.9 Å². The van der Waals surface area contributed by atoms with E-state index in [2.05, 4.69) is 10.3 Å². The molecule has 0 saturated carbocycles. The minimum Gasteiger partial charge on any atom is -0.478 e. The molecule has 0 bridgehead atoms. The van der Waals surface area contributed by atoms with Crippen molar-refractivity contribution in [2.75, 3.05) is 25.1 Å². The number of nitrogens with zero attached hydrogens (tertiary/aromatic N) is 1. The molecule has 5 nitrogen and oxygen atoms in total. The zero-order valence-electron chi connectivity index (χ0n) is 10.7. The Labute approximate surface area is 106 Å². The van der Waals surface area contributed by atoms with Gasteiger partial charge in [0.2, 0.25) is 0 Å². The first-order valence-corrected chi connectivity index (χ1v) is 6.11. The van der Waals surface area contributed by atoms with Crippen LogP contribution in [0.5, 0.6) is 0 Å². The number of pyridine rings is 1. The Morgan fingerprint density at radius 3 is 3.00 bits per heavy atom. The lowest BCUT2D eigenvalue weighted by atomic mass is 10.1. The molecule has 98 valence electrons. The zero-order chi connectivity index (χ0) is 13.1. The van der Waals surface area contributed by atoms with E-state index in [1.807, 2.05) is 6.92 Å². The topological polar surface area (TPSA) is 71.5 Å². The maximum atomic E-state index is 11.2. The van der Waals surface area contributed by atoms with Gasteiger partial charge in [-0.15, -0.1) is 0 Å². The van der Waals surface area contributed by atoms with E-state index in [9.17, 15) is 9.90 Å². The van der Waals surface area contributed by atoms with Crippen LogP contribution >= 0.6 is 0 Å². The van der Waals surface area contributed by atoms with Crippen molar-refractivity contribution >= 4 is 11.8 Å². The van der Waals surface area contributed by atoms with Gasteiger partial charge in [-0.25, -0.2) is 9.78 Å². The van der Waals surface area contributed by atoms with Gasteiger partial charge < -0.3 is 15.2 Å². The highest BCUT2D eigenvalue weighted by atomic mass is 16.5. The van der Waals surface area contributed by atoms with Crippen LogP contribution in [0, 0.1) is 19.8 Å². The van der Waals surface area contributed by atoms with Gasteiger partial charge >= 0.3 is 5.97 Å². The highest BCUT2D eigenvalue weighted by Gasteiger charge is 2.19. The number of carboxylic acids is 1. The Kier molecular flexibility index (Phi) is 3.81. The fourth-order valence-corrected chi connectivity index (χ4v) is 2.22. The smallest absolute Gasteiger partial charge is 0.339 e. The summed E-state index contributed by atoms with van der Waals surface area (Å²) in [5.41, 5.74) is 1.82. The molecular formula is C13H18N2O3. The SMILES string of the molecule is Cc1cc(C)c(C(=O)O)c(NCC2CCOC2)n1. The second-order valence-electron chi connectivity index (χ2n) is 4.72. The number of carbonyl (C=O) groups is 1. The van der Waals surface area contributed by atoms with Crippen LogP contribution in [0.25, 0.3) is 0 Å². The molecule has 2 heterocycles. The van der Waals surface area contributed by atoms with Crippen molar-refractivity contribution in [3.8, 4) is 0 Å². The van der Waals surface area contributed by atoms with Crippen LogP contribution < -0.4 is 5.32 Å². The normalized spacial score (nSPS) is 18.9. The van der Waals surface area contributed by atoms with Crippen LogP contribution in [0.1, 0.15) is 28.0 Å². The fraction of sp³-hybridized carbons (Fsp3) is 0.538. The lowest BCUT2D eigenvalue weighted by Crippen LogP contribution is -2.18. The molecule has 18 heavy (non-hydrogen) atoms. The van der Waals surface area contributed by atoms with E-state index in [1.165, 1.54) is 0 Å². The average molecular weight is 250 g/mol. The zero-order valence-corrected chi connectivity index (χ0v) is 10.7. The average Bonchev–Trinajstić information content (AvgIpc) is 2.77. The number of nitrogens with one attached hydrogen (secondary N) is 1. The number of aryl methyl sites for hydroxylation is 2. The number of anilines is 1. The number of rotatable bonds is 4. The summed E-state index contributed by atoms with van der Waals surface area (Å²) in [6.07, 6.45) is 1.01. The lowest BCUT2D eigenvalue weighted by molar-refractivity contribution is 0.0697. The summed E-state index contributed by atoms with van der Waals surface area (Å²) in [6, 6.07) is 1.79. The van der Waals surface area contributed by atoms with Crippen LogP contribution in [0.3, 0.4) is 0 Å². The van der Waals surface area contributed by atoms with Gasteiger partial charge in [0, 0.05) is 24.8 Å². The van der Waals surface area contributed by atoms with Crippen molar-refractivity contribution in [3.63, 3.8) is 0 Å². The van der Waals surface area contributed by atoms with Crippen LogP contribution in [0.2, 0.25) is 0 Å². The largest absolute Gasteiger partial charge is 0.478 e. The third kappa shape index (κ3) is 2.79. The van der Waals surface area contributed by atoms with Gasteiger partial charge in [-0.3, -0.25) is 0 Å².